The Bertz CT molecular complexity index is 1520. The summed E-state index contributed by atoms with van der Waals surface area (Å²) in [5.74, 6) is 4.22. The lowest BCUT2D eigenvalue weighted by Crippen LogP contribution is -2.55. The van der Waals surface area contributed by atoms with Crippen molar-refractivity contribution in [3.8, 4) is 11.8 Å². The van der Waals surface area contributed by atoms with Crippen LogP contribution in [-0.4, -0.2) is 61.9 Å². The van der Waals surface area contributed by atoms with E-state index in [-0.39, 0.29) is 19.0 Å². The highest BCUT2D eigenvalue weighted by Gasteiger charge is 2.32. The number of primary amides is 1. The summed E-state index contributed by atoms with van der Waals surface area (Å²) in [6, 6.07) is 17.6. The van der Waals surface area contributed by atoms with E-state index in [0.29, 0.717) is 18.7 Å². The van der Waals surface area contributed by atoms with Crippen LogP contribution in [0.15, 0.2) is 60.7 Å². The highest BCUT2D eigenvalue weighted by Crippen LogP contribution is 2.21. The molecule has 9 nitrogen and oxygen atoms in total. The Morgan fingerprint density at radius 2 is 1.58 bits per heavy atom. The zero-order valence-corrected chi connectivity index (χ0v) is 22.0. The summed E-state index contributed by atoms with van der Waals surface area (Å²) in [7, 11) is -3.91. The van der Waals surface area contributed by atoms with E-state index in [4.69, 9.17) is 5.73 Å². The van der Waals surface area contributed by atoms with Crippen LogP contribution in [0.25, 0.3) is 10.8 Å². The molecule has 4 N–H and O–H groups in total. The Balaban J connectivity index is 1.40. The summed E-state index contributed by atoms with van der Waals surface area (Å²) in [5.41, 5.74) is 8.49. The molecular weight excluding hydrogens is 504 g/mol. The van der Waals surface area contributed by atoms with Crippen molar-refractivity contribution >= 4 is 38.5 Å². The first-order valence-electron chi connectivity index (χ1n) is 12.2. The van der Waals surface area contributed by atoms with Crippen LogP contribution >= 0.6 is 0 Å². The summed E-state index contributed by atoms with van der Waals surface area (Å²) in [4.78, 5) is 25.2. The molecule has 3 aromatic rings. The summed E-state index contributed by atoms with van der Waals surface area (Å²) in [6.07, 6.45) is 0. The number of fused-ring (bicyclic) bond motifs is 1. The maximum absolute atomic E-state index is 12.7. The van der Waals surface area contributed by atoms with Crippen LogP contribution in [0, 0.1) is 17.8 Å². The zero-order valence-electron chi connectivity index (χ0n) is 21.2. The number of amides is 1. The molecule has 1 fully saturated rings. The third-order valence-electron chi connectivity index (χ3n) is 6.52. The highest BCUT2D eigenvalue weighted by atomic mass is 32.2. The summed E-state index contributed by atoms with van der Waals surface area (Å²) in [6.45, 7) is 4.77. The van der Waals surface area contributed by atoms with Crippen LogP contribution in [0.1, 0.15) is 35.3 Å². The van der Waals surface area contributed by atoms with Crippen molar-refractivity contribution in [3.63, 3.8) is 0 Å². The van der Waals surface area contributed by atoms with Crippen molar-refractivity contribution in [2.24, 2.45) is 11.7 Å². The lowest BCUT2D eigenvalue weighted by atomic mass is 10.0. The first-order chi connectivity index (χ1) is 18.0. The lowest BCUT2D eigenvalue weighted by Gasteiger charge is -2.36. The van der Waals surface area contributed by atoms with Crippen LogP contribution in [0.3, 0.4) is 0 Å². The molecule has 0 unspecified atom stereocenters. The Morgan fingerprint density at radius 1 is 0.947 bits per heavy atom. The fraction of sp³-hybridized carbons (Fsp3) is 0.286. The van der Waals surface area contributed by atoms with E-state index in [2.05, 4.69) is 21.5 Å². The average molecular weight is 535 g/mol. The molecule has 1 heterocycles. The van der Waals surface area contributed by atoms with Crippen molar-refractivity contribution in [1.29, 1.82) is 0 Å². The van der Waals surface area contributed by atoms with Gasteiger partial charge in [0.15, 0.2) is 0 Å². The summed E-state index contributed by atoms with van der Waals surface area (Å²) in [5, 5.41) is 11.0. The van der Waals surface area contributed by atoms with Crippen LogP contribution in [0.4, 0.5) is 5.69 Å². The molecule has 3 aromatic carbocycles. The Labute approximate surface area is 222 Å². The van der Waals surface area contributed by atoms with Gasteiger partial charge in [-0.3, -0.25) is 9.59 Å². The molecular formula is C28H30N4O5S. The Hall–Kier alpha value is -3.91. The number of nitrogens with one attached hydrogen (secondary N) is 1. The monoisotopic (exact) mass is 534 g/mol. The number of benzene rings is 3. The van der Waals surface area contributed by atoms with E-state index in [1.54, 1.807) is 26.0 Å². The molecule has 10 heteroatoms. The molecule has 198 valence electrons. The molecule has 0 aliphatic carbocycles. The minimum absolute atomic E-state index is 0.247. The van der Waals surface area contributed by atoms with Crippen molar-refractivity contribution in [2.75, 3.05) is 31.1 Å². The van der Waals surface area contributed by atoms with Crippen molar-refractivity contribution in [2.45, 2.75) is 19.9 Å². The van der Waals surface area contributed by atoms with E-state index in [1.807, 2.05) is 48.5 Å². The summed E-state index contributed by atoms with van der Waals surface area (Å²) < 4.78 is 29.0. The standard InChI is InChI=1S/C28H30N4O5S/c1-19(2)26(28(34)35)30-38(36,37)32-16-14-31(15-17-32)23-12-9-20(10-13-23)6-7-21-8-11-22-4-3-5-24(27(29)33)25(22)18-21/h3-5,8-13,18-19,26,30H,14-17H2,1-2H3,(H2,29,33)(H,34,35)/t26-/m0/s1. The number of anilines is 1. The van der Waals surface area contributed by atoms with Gasteiger partial charge >= 0.3 is 5.97 Å². The predicted molar refractivity (Wildman–Crippen MR) is 147 cm³/mol. The van der Waals surface area contributed by atoms with Gasteiger partial charge in [0.1, 0.15) is 6.04 Å². The highest BCUT2D eigenvalue weighted by molar-refractivity contribution is 7.87. The first-order valence-corrected chi connectivity index (χ1v) is 13.7. The Morgan fingerprint density at radius 3 is 2.18 bits per heavy atom. The molecule has 1 aliphatic heterocycles. The van der Waals surface area contributed by atoms with E-state index in [0.717, 1.165) is 27.6 Å². The predicted octanol–water partition coefficient (Wildman–Crippen LogP) is 2.40. The average Bonchev–Trinajstić information content (AvgIpc) is 2.90. The molecule has 1 aliphatic rings. The molecule has 4 rings (SSSR count). The van der Waals surface area contributed by atoms with Gasteiger partial charge in [-0.25, -0.2) is 0 Å². The number of nitrogens with zero attached hydrogens (tertiary/aromatic N) is 2. The third-order valence-corrected chi connectivity index (χ3v) is 8.12. The van der Waals surface area contributed by atoms with E-state index < -0.39 is 28.1 Å². The minimum atomic E-state index is -3.91. The van der Waals surface area contributed by atoms with Crippen LogP contribution in [0.5, 0.6) is 0 Å². The first kappa shape index (κ1) is 27.1. The Kier molecular flexibility index (Phi) is 8.02. The van der Waals surface area contributed by atoms with Gasteiger partial charge in [0.2, 0.25) is 5.91 Å². The number of nitrogens with two attached hydrogens (primary N) is 1. The molecule has 1 atom stereocenters. The fourth-order valence-electron chi connectivity index (χ4n) is 4.36. The van der Waals surface area contributed by atoms with E-state index >= 15 is 0 Å². The van der Waals surface area contributed by atoms with Crippen molar-refractivity contribution in [3.05, 3.63) is 77.4 Å². The van der Waals surface area contributed by atoms with Gasteiger partial charge in [-0.1, -0.05) is 43.9 Å². The van der Waals surface area contributed by atoms with Gasteiger partial charge in [-0.2, -0.15) is 17.4 Å². The minimum Gasteiger partial charge on any atom is -0.480 e. The maximum atomic E-state index is 12.7. The molecule has 1 saturated heterocycles. The van der Waals surface area contributed by atoms with Crippen LogP contribution in [0.2, 0.25) is 0 Å². The largest absolute Gasteiger partial charge is 0.480 e. The van der Waals surface area contributed by atoms with Crippen LogP contribution in [-0.2, 0) is 15.0 Å². The second kappa shape index (κ2) is 11.2. The van der Waals surface area contributed by atoms with Crippen molar-refractivity contribution < 1.29 is 23.1 Å². The third kappa shape index (κ3) is 6.14. The van der Waals surface area contributed by atoms with Crippen molar-refractivity contribution in [1.82, 2.24) is 9.03 Å². The maximum Gasteiger partial charge on any atom is 0.322 e. The van der Waals surface area contributed by atoms with Gasteiger partial charge in [-0.05, 0) is 59.2 Å². The number of carbonyl (C=O) groups is 2. The summed E-state index contributed by atoms with van der Waals surface area (Å²) >= 11 is 0. The second-order valence-corrected chi connectivity index (χ2v) is 11.2. The molecule has 38 heavy (non-hydrogen) atoms. The lowest BCUT2D eigenvalue weighted by molar-refractivity contribution is -0.140. The number of hydrogen-bond acceptors (Lipinski definition) is 5. The molecule has 0 aromatic heterocycles. The number of hydrogen-bond donors (Lipinski definition) is 3. The number of piperazine rings is 1. The molecule has 0 saturated carbocycles. The molecule has 0 spiro atoms. The number of aliphatic carboxylic acids is 1. The second-order valence-electron chi connectivity index (χ2n) is 9.47. The molecule has 1 amide bonds. The molecule has 0 bridgehead atoms. The van der Waals surface area contributed by atoms with E-state index in [9.17, 15) is 23.1 Å². The van der Waals surface area contributed by atoms with Gasteiger partial charge in [0, 0.05) is 48.6 Å². The van der Waals surface area contributed by atoms with Gasteiger partial charge in [0.05, 0.1) is 0 Å². The smallest absolute Gasteiger partial charge is 0.322 e. The zero-order chi connectivity index (χ0) is 27.4. The SMILES string of the molecule is CC(C)[C@H](NS(=O)(=O)N1CCN(c2ccc(C#Cc3ccc4cccc(C(N)=O)c4c3)cc2)CC1)C(=O)O. The number of carboxylic acid groups (broad SMARTS) is 1. The number of rotatable bonds is 7. The van der Waals surface area contributed by atoms with Crippen LogP contribution < -0.4 is 15.4 Å². The topological polar surface area (TPSA) is 133 Å². The number of carbonyl (C=O) groups excluding carboxylic acids is 1. The van der Waals surface area contributed by atoms with Gasteiger partial charge < -0.3 is 15.7 Å². The normalized spacial score (nSPS) is 15.2. The molecule has 0 radical (unpaired) electrons. The quantitative estimate of drug-likeness (QED) is 0.399. The fourth-order valence-corrected chi connectivity index (χ4v) is 5.85. The number of carboxylic acids is 1. The van der Waals surface area contributed by atoms with E-state index in [1.165, 1.54) is 4.31 Å². The van der Waals surface area contributed by atoms with Gasteiger partial charge in [-0.15, -0.1) is 0 Å². The van der Waals surface area contributed by atoms with Gasteiger partial charge in [0.25, 0.3) is 10.2 Å².